The van der Waals surface area contributed by atoms with Crippen molar-refractivity contribution in [3.05, 3.63) is 35.7 Å². The number of anilines is 3. The van der Waals surface area contributed by atoms with Crippen LogP contribution >= 0.6 is 34.9 Å². The number of rotatable bonds is 7. The summed E-state index contributed by atoms with van der Waals surface area (Å²) < 4.78 is 1.82. The first-order valence-electron chi connectivity index (χ1n) is 7.53. The first-order chi connectivity index (χ1) is 12.2. The van der Waals surface area contributed by atoms with Gasteiger partial charge in [0.25, 0.3) is 0 Å². The van der Waals surface area contributed by atoms with E-state index in [1.165, 1.54) is 17.3 Å². The summed E-state index contributed by atoms with van der Waals surface area (Å²) >= 11 is 4.67. The highest BCUT2D eigenvalue weighted by Gasteiger charge is 2.09. The van der Waals surface area contributed by atoms with Crippen LogP contribution < -0.4 is 11.1 Å². The van der Waals surface area contributed by atoms with E-state index in [0.29, 0.717) is 17.5 Å². The highest BCUT2D eigenvalue weighted by molar-refractivity contribution is 8.02. The molecule has 0 aliphatic rings. The fraction of sp³-hybridized carbons (Fsp3) is 0.267. The molecule has 0 atom stereocenters. The van der Waals surface area contributed by atoms with E-state index in [1.54, 1.807) is 23.1 Å². The molecule has 0 aliphatic heterocycles. The van der Waals surface area contributed by atoms with Crippen molar-refractivity contribution in [2.24, 2.45) is 0 Å². The van der Waals surface area contributed by atoms with Crippen molar-refractivity contribution >= 4 is 52.4 Å². The minimum Gasteiger partial charge on any atom is -0.368 e. The maximum Gasteiger partial charge on any atom is 0.232 e. The number of nitrogens with zero attached hydrogens (tertiary/aromatic N) is 5. The SMILES string of the molecule is CCc1ccccc1Nc1nc(N)nc(CSc2nnc(SC)s2)n1. The van der Waals surface area contributed by atoms with Crippen LogP contribution in [0.1, 0.15) is 18.3 Å². The summed E-state index contributed by atoms with van der Waals surface area (Å²) in [6.07, 6.45) is 2.90. The molecule has 0 aliphatic carbocycles. The van der Waals surface area contributed by atoms with Gasteiger partial charge in [-0.3, -0.25) is 0 Å². The summed E-state index contributed by atoms with van der Waals surface area (Å²) in [7, 11) is 0. The van der Waals surface area contributed by atoms with Crippen molar-refractivity contribution in [1.82, 2.24) is 25.1 Å². The maximum atomic E-state index is 5.84. The fourth-order valence-corrected chi connectivity index (χ4v) is 4.39. The monoisotopic (exact) mass is 391 g/mol. The van der Waals surface area contributed by atoms with Crippen LogP contribution in [0.25, 0.3) is 0 Å². The van der Waals surface area contributed by atoms with Gasteiger partial charge in [-0.05, 0) is 24.3 Å². The van der Waals surface area contributed by atoms with Gasteiger partial charge in [-0.2, -0.15) is 15.0 Å². The third kappa shape index (κ3) is 4.80. The number of thioether (sulfide) groups is 2. The van der Waals surface area contributed by atoms with E-state index < -0.39 is 0 Å². The van der Waals surface area contributed by atoms with Crippen LogP contribution in [0.5, 0.6) is 0 Å². The number of para-hydroxylation sites is 1. The molecule has 0 radical (unpaired) electrons. The molecular weight excluding hydrogens is 374 g/mol. The number of benzene rings is 1. The minimum absolute atomic E-state index is 0.198. The lowest BCUT2D eigenvalue weighted by Gasteiger charge is -2.10. The number of aromatic nitrogens is 5. The normalized spacial score (nSPS) is 10.8. The predicted molar refractivity (Wildman–Crippen MR) is 105 cm³/mol. The molecule has 10 heteroatoms. The molecule has 0 saturated heterocycles. The van der Waals surface area contributed by atoms with Crippen LogP contribution in [0.2, 0.25) is 0 Å². The average molecular weight is 392 g/mol. The number of nitrogens with two attached hydrogens (primary N) is 1. The molecule has 25 heavy (non-hydrogen) atoms. The Hall–Kier alpha value is -1.91. The maximum absolute atomic E-state index is 5.84. The Kier molecular flexibility index (Phi) is 6.05. The summed E-state index contributed by atoms with van der Waals surface area (Å²) in [4.78, 5) is 12.9. The molecule has 1 aromatic carbocycles. The predicted octanol–water partition coefficient (Wildman–Crippen LogP) is 3.63. The van der Waals surface area contributed by atoms with E-state index in [0.717, 1.165) is 20.8 Å². The van der Waals surface area contributed by atoms with Gasteiger partial charge in [0.15, 0.2) is 8.68 Å². The standard InChI is InChI=1S/C15H17N7S3/c1-3-9-6-4-5-7-10(9)17-13-19-11(18-12(16)20-13)8-24-15-22-21-14(23-2)25-15/h4-7H,3,8H2,1-2H3,(H3,16,17,18,19,20). The quantitative estimate of drug-likeness (QED) is 0.584. The molecule has 0 saturated carbocycles. The number of nitrogen functional groups attached to an aromatic ring is 1. The van der Waals surface area contributed by atoms with E-state index in [2.05, 4.69) is 43.5 Å². The van der Waals surface area contributed by atoms with Gasteiger partial charge in [0.05, 0.1) is 5.75 Å². The Bertz CT molecular complexity index is 853. The fourth-order valence-electron chi connectivity index (χ4n) is 2.09. The van der Waals surface area contributed by atoms with E-state index >= 15 is 0 Å². The van der Waals surface area contributed by atoms with Crippen LogP contribution in [-0.4, -0.2) is 31.4 Å². The van der Waals surface area contributed by atoms with Crippen LogP contribution in [0.4, 0.5) is 17.6 Å². The lowest BCUT2D eigenvalue weighted by molar-refractivity contribution is 0.949. The minimum atomic E-state index is 0.198. The highest BCUT2D eigenvalue weighted by Crippen LogP contribution is 2.29. The van der Waals surface area contributed by atoms with E-state index in [1.807, 2.05) is 24.5 Å². The third-order valence-electron chi connectivity index (χ3n) is 3.23. The molecule has 3 aromatic rings. The second-order valence-electron chi connectivity index (χ2n) is 4.90. The van der Waals surface area contributed by atoms with Crippen LogP contribution in [0.3, 0.4) is 0 Å². The second kappa shape index (κ2) is 8.45. The first kappa shape index (κ1) is 17.9. The molecule has 0 bridgehead atoms. The van der Waals surface area contributed by atoms with Gasteiger partial charge in [-0.25, -0.2) is 0 Å². The number of aryl methyl sites for hydroxylation is 1. The Morgan fingerprint density at radius 3 is 2.68 bits per heavy atom. The van der Waals surface area contributed by atoms with Crippen molar-refractivity contribution in [3.8, 4) is 0 Å². The molecule has 0 fully saturated rings. The average Bonchev–Trinajstić information content (AvgIpc) is 3.08. The van der Waals surface area contributed by atoms with E-state index in [9.17, 15) is 0 Å². The van der Waals surface area contributed by atoms with Crippen LogP contribution in [0, 0.1) is 0 Å². The molecule has 0 unspecified atom stereocenters. The number of nitrogens with one attached hydrogen (secondary N) is 1. The topological polar surface area (TPSA) is 102 Å². The molecular formula is C15H17N7S3. The van der Waals surface area contributed by atoms with Gasteiger partial charge in [0, 0.05) is 5.69 Å². The van der Waals surface area contributed by atoms with Gasteiger partial charge in [-0.15, -0.1) is 10.2 Å². The van der Waals surface area contributed by atoms with Gasteiger partial charge >= 0.3 is 0 Å². The zero-order chi connectivity index (χ0) is 17.6. The van der Waals surface area contributed by atoms with Gasteiger partial charge in [0.1, 0.15) is 5.82 Å². The summed E-state index contributed by atoms with van der Waals surface area (Å²) in [5.74, 6) is 1.81. The number of hydrogen-bond donors (Lipinski definition) is 2. The smallest absolute Gasteiger partial charge is 0.232 e. The first-order valence-corrected chi connectivity index (χ1v) is 10.6. The van der Waals surface area contributed by atoms with E-state index in [-0.39, 0.29) is 5.95 Å². The Morgan fingerprint density at radius 2 is 1.92 bits per heavy atom. The summed E-state index contributed by atoms with van der Waals surface area (Å²) in [6.45, 7) is 2.11. The molecule has 2 heterocycles. The molecule has 3 rings (SSSR count). The summed E-state index contributed by atoms with van der Waals surface area (Å²) in [5.41, 5.74) is 8.00. The van der Waals surface area contributed by atoms with E-state index in [4.69, 9.17) is 5.73 Å². The lowest BCUT2D eigenvalue weighted by Crippen LogP contribution is -2.07. The van der Waals surface area contributed by atoms with Crippen molar-refractivity contribution < 1.29 is 0 Å². The third-order valence-corrected chi connectivity index (χ3v) is 6.26. The molecule has 2 aromatic heterocycles. The molecule has 0 amide bonds. The van der Waals surface area contributed by atoms with Gasteiger partial charge in [0.2, 0.25) is 11.9 Å². The van der Waals surface area contributed by atoms with Crippen molar-refractivity contribution in [1.29, 1.82) is 0 Å². The van der Waals surface area contributed by atoms with Gasteiger partial charge < -0.3 is 11.1 Å². The summed E-state index contributed by atoms with van der Waals surface area (Å²) in [6, 6.07) is 8.06. The largest absolute Gasteiger partial charge is 0.368 e. The Balaban J connectivity index is 1.73. The Morgan fingerprint density at radius 1 is 1.12 bits per heavy atom. The summed E-state index contributed by atoms with van der Waals surface area (Å²) in [5, 5.41) is 11.4. The molecule has 0 spiro atoms. The zero-order valence-corrected chi connectivity index (χ0v) is 16.2. The molecule has 3 N–H and O–H groups in total. The highest BCUT2D eigenvalue weighted by atomic mass is 32.2. The van der Waals surface area contributed by atoms with Crippen molar-refractivity contribution in [3.63, 3.8) is 0 Å². The number of hydrogen-bond acceptors (Lipinski definition) is 10. The van der Waals surface area contributed by atoms with Crippen LogP contribution in [-0.2, 0) is 12.2 Å². The Labute approximate surface area is 158 Å². The van der Waals surface area contributed by atoms with Crippen molar-refractivity contribution in [2.45, 2.75) is 27.8 Å². The second-order valence-corrected chi connectivity index (χ2v) is 8.15. The van der Waals surface area contributed by atoms with Crippen LogP contribution in [0.15, 0.2) is 32.9 Å². The molecule has 130 valence electrons. The van der Waals surface area contributed by atoms with Gasteiger partial charge in [-0.1, -0.05) is 60.0 Å². The zero-order valence-electron chi connectivity index (χ0n) is 13.8. The molecule has 7 nitrogen and oxygen atoms in total. The lowest BCUT2D eigenvalue weighted by atomic mass is 10.1. The van der Waals surface area contributed by atoms with Crippen molar-refractivity contribution in [2.75, 3.05) is 17.3 Å².